The second-order valence-electron chi connectivity index (χ2n) is 7.68. The molecule has 0 aliphatic rings. The Labute approximate surface area is 203 Å². The molecule has 3 aromatic rings. The number of carboxylic acid groups (broad SMARTS) is 1. The van der Waals surface area contributed by atoms with Crippen molar-refractivity contribution < 1.29 is 28.9 Å². The molecule has 3 rings (SSSR count). The van der Waals surface area contributed by atoms with Crippen LogP contribution in [0.4, 0.5) is 5.69 Å². The maximum atomic E-state index is 12.0. The lowest BCUT2D eigenvalue weighted by Crippen LogP contribution is -2.24. The van der Waals surface area contributed by atoms with E-state index in [0.29, 0.717) is 22.8 Å². The van der Waals surface area contributed by atoms with E-state index in [9.17, 15) is 9.59 Å². The highest BCUT2D eigenvalue weighted by Crippen LogP contribution is 2.28. The van der Waals surface area contributed by atoms with E-state index in [4.69, 9.17) is 19.3 Å². The molecule has 2 N–H and O–H groups in total. The second-order valence-corrected chi connectivity index (χ2v) is 7.68. The van der Waals surface area contributed by atoms with Gasteiger partial charge in [-0.2, -0.15) is 5.10 Å². The number of carbonyl (C=O) groups is 2. The van der Waals surface area contributed by atoms with Crippen LogP contribution in [0.15, 0.2) is 71.8 Å². The van der Waals surface area contributed by atoms with E-state index in [1.54, 1.807) is 42.5 Å². The number of methoxy groups -OCH3 is 1. The lowest BCUT2D eigenvalue weighted by Gasteiger charge is -2.13. The van der Waals surface area contributed by atoms with Crippen molar-refractivity contribution >= 4 is 23.8 Å². The van der Waals surface area contributed by atoms with Crippen molar-refractivity contribution in [2.75, 3.05) is 32.7 Å². The molecule has 9 nitrogen and oxygen atoms in total. The van der Waals surface area contributed by atoms with Gasteiger partial charge in [0.05, 0.1) is 18.9 Å². The van der Waals surface area contributed by atoms with Crippen LogP contribution in [0.1, 0.15) is 21.5 Å². The molecule has 0 bridgehead atoms. The zero-order chi connectivity index (χ0) is 25.2. The second kappa shape index (κ2) is 12.1. The molecule has 0 saturated carbocycles. The standard InChI is InChI=1S/C26H27N3O6/c1-29(2)21-8-5-9-22(14-21)34-17-25(30)28-27-15-18-10-11-23(24(13-18)33-3)35-16-19-6-4-7-20(12-19)26(31)32/h4-15H,16-17H2,1-3H3,(H,28,30)(H,31,32)/b27-15+. The van der Waals surface area contributed by atoms with Gasteiger partial charge in [-0.1, -0.05) is 18.2 Å². The molecule has 0 aromatic heterocycles. The Morgan fingerprint density at radius 1 is 1.00 bits per heavy atom. The van der Waals surface area contributed by atoms with Gasteiger partial charge in [0.25, 0.3) is 5.91 Å². The highest BCUT2D eigenvalue weighted by Gasteiger charge is 2.08. The maximum absolute atomic E-state index is 12.0. The summed E-state index contributed by atoms with van der Waals surface area (Å²) < 4.78 is 16.7. The van der Waals surface area contributed by atoms with Crippen LogP contribution in [0.5, 0.6) is 17.2 Å². The number of carboxylic acids is 1. The molecule has 0 heterocycles. The summed E-state index contributed by atoms with van der Waals surface area (Å²) in [6.45, 7) is 0.00578. The molecular formula is C26H27N3O6. The number of benzene rings is 3. The first kappa shape index (κ1) is 25.1. The van der Waals surface area contributed by atoms with Crippen molar-refractivity contribution in [3.63, 3.8) is 0 Å². The number of carbonyl (C=O) groups excluding carboxylic acids is 1. The van der Waals surface area contributed by atoms with Gasteiger partial charge in [-0.15, -0.1) is 0 Å². The van der Waals surface area contributed by atoms with E-state index in [1.807, 2.05) is 37.2 Å². The van der Waals surface area contributed by atoms with Crippen molar-refractivity contribution in [3.8, 4) is 17.2 Å². The molecule has 35 heavy (non-hydrogen) atoms. The molecule has 0 spiro atoms. The van der Waals surface area contributed by atoms with E-state index in [1.165, 1.54) is 19.4 Å². The summed E-state index contributed by atoms with van der Waals surface area (Å²) in [7, 11) is 5.36. The zero-order valence-electron chi connectivity index (χ0n) is 19.7. The van der Waals surface area contributed by atoms with Crippen LogP contribution < -0.4 is 24.5 Å². The van der Waals surface area contributed by atoms with E-state index < -0.39 is 11.9 Å². The Kier molecular flexibility index (Phi) is 8.66. The minimum absolute atomic E-state index is 0.173. The predicted octanol–water partition coefficient (Wildman–Crippen LogP) is 3.57. The molecule has 182 valence electrons. The number of nitrogens with one attached hydrogen (secondary N) is 1. The SMILES string of the molecule is COc1cc(/C=N/NC(=O)COc2cccc(N(C)C)c2)ccc1OCc1cccc(C(=O)O)c1. The summed E-state index contributed by atoms with van der Waals surface area (Å²) in [6, 6.07) is 19.1. The fraction of sp³-hybridized carbons (Fsp3) is 0.192. The maximum Gasteiger partial charge on any atom is 0.335 e. The lowest BCUT2D eigenvalue weighted by atomic mass is 10.1. The number of nitrogens with zero attached hydrogens (tertiary/aromatic N) is 2. The molecule has 0 atom stereocenters. The number of hydrogen-bond donors (Lipinski definition) is 2. The third-order valence-electron chi connectivity index (χ3n) is 4.86. The van der Waals surface area contributed by atoms with Gasteiger partial charge in [0.15, 0.2) is 18.1 Å². The number of ether oxygens (including phenoxy) is 3. The van der Waals surface area contributed by atoms with Gasteiger partial charge in [0, 0.05) is 25.8 Å². The average Bonchev–Trinajstić information content (AvgIpc) is 2.86. The highest BCUT2D eigenvalue weighted by molar-refractivity contribution is 5.87. The summed E-state index contributed by atoms with van der Waals surface area (Å²) in [5, 5.41) is 13.1. The normalized spacial score (nSPS) is 10.6. The number of hydrazone groups is 1. The molecule has 3 aromatic carbocycles. The first-order valence-electron chi connectivity index (χ1n) is 10.7. The van der Waals surface area contributed by atoms with Crippen LogP contribution in [0.25, 0.3) is 0 Å². The Hall–Kier alpha value is -4.53. The van der Waals surface area contributed by atoms with Gasteiger partial charge in [-0.05, 0) is 53.6 Å². The predicted molar refractivity (Wildman–Crippen MR) is 133 cm³/mol. The van der Waals surface area contributed by atoms with E-state index in [-0.39, 0.29) is 18.8 Å². The molecule has 0 aliphatic carbocycles. The average molecular weight is 478 g/mol. The lowest BCUT2D eigenvalue weighted by molar-refractivity contribution is -0.123. The Morgan fingerprint density at radius 2 is 1.80 bits per heavy atom. The quantitative estimate of drug-likeness (QED) is 0.321. The van der Waals surface area contributed by atoms with Crippen LogP contribution in [0, 0.1) is 0 Å². The molecule has 0 saturated heterocycles. The number of rotatable bonds is 11. The van der Waals surface area contributed by atoms with Gasteiger partial charge in [0.2, 0.25) is 0 Å². The van der Waals surface area contributed by atoms with Crippen LogP contribution in [-0.2, 0) is 11.4 Å². The van der Waals surface area contributed by atoms with Gasteiger partial charge in [-0.25, -0.2) is 10.2 Å². The molecule has 0 unspecified atom stereocenters. The summed E-state index contributed by atoms with van der Waals surface area (Å²) in [5.74, 6) is 0.157. The van der Waals surface area contributed by atoms with Crippen LogP contribution in [0.3, 0.4) is 0 Å². The van der Waals surface area contributed by atoms with Crippen molar-refractivity contribution in [2.45, 2.75) is 6.61 Å². The Bertz CT molecular complexity index is 1210. The monoisotopic (exact) mass is 477 g/mol. The summed E-state index contributed by atoms with van der Waals surface area (Å²) in [6.07, 6.45) is 1.48. The van der Waals surface area contributed by atoms with E-state index in [2.05, 4.69) is 10.5 Å². The molecule has 1 amide bonds. The minimum Gasteiger partial charge on any atom is -0.493 e. The van der Waals surface area contributed by atoms with Gasteiger partial charge in [-0.3, -0.25) is 4.79 Å². The molecule has 9 heteroatoms. The van der Waals surface area contributed by atoms with E-state index >= 15 is 0 Å². The van der Waals surface area contributed by atoms with E-state index in [0.717, 1.165) is 11.3 Å². The summed E-state index contributed by atoms with van der Waals surface area (Å²) >= 11 is 0. The summed E-state index contributed by atoms with van der Waals surface area (Å²) in [5.41, 5.74) is 4.99. The minimum atomic E-state index is -0.995. The number of amides is 1. The third-order valence-corrected chi connectivity index (χ3v) is 4.86. The molecule has 0 aliphatic heterocycles. The highest BCUT2D eigenvalue weighted by atomic mass is 16.5. The topological polar surface area (TPSA) is 110 Å². The third kappa shape index (κ3) is 7.50. The van der Waals surface area contributed by atoms with Crippen molar-refractivity contribution in [3.05, 3.63) is 83.4 Å². The number of anilines is 1. The Morgan fingerprint density at radius 3 is 2.54 bits per heavy atom. The van der Waals surface area contributed by atoms with Crippen molar-refractivity contribution in [1.29, 1.82) is 0 Å². The first-order valence-corrected chi connectivity index (χ1v) is 10.7. The van der Waals surface area contributed by atoms with Crippen LogP contribution >= 0.6 is 0 Å². The van der Waals surface area contributed by atoms with Crippen LogP contribution in [-0.4, -0.2) is 51.0 Å². The molecule has 0 fully saturated rings. The number of hydrogen-bond acceptors (Lipinski definition) is 7. The van der Waals surface area contributed by atoms with Crippen LogP contribution in [0.2, 0.25) is 0 Å². The first-order chi connectivity index (χ1) is 16.9. The fourth-order valence-corrected chi connectivity index (χ4v) is 3.05. The fourth-order valence-electron chi connectivity index (χ4n) is 3.05. The van der Waals surface area contributed by atoms with Gasteiger partial charge in [0.1, 0.15) is 12.4 Å². The molecular weight excluding hydrogens is 450 g/mol. The molecule has 0 radical (unpaired) electrons. The van der Waals surface area contributed by atoms with Crippen molar-refractivity contribution in [2.24, 2.45) is 5.10 Å². The largest absolute Gasteiger partial charge is 0.493 e. The van der Waals surface area contributed by atoms with Gasteiger partial charge < -0.3 is 24.2 Å². The van der Waals surface area contributed by atoms with Crippen molar-refractivity contribution in [1.82, 2.24) is 5.43 Å². The summed E-state index contributed by atoms with van der Waals surface area (Å²) in [4.78, 5) is 25.1. The number of aromatic carboxylic acids is 1. The zero-order valence-corrected chi connectivity index (χ0v) is 19.7. The Balaban J connectivity index is 1.53. The van der Waals surface area contributed by atoms with Gasteiger partial charge >= 0.3 is 5.97 Å². The smallest absolute Gasteiger partial charge is 0.335 e.